The van der Waals surface area contributed by atoms with E-state index in [1.54, 1.807) is 13.0 Å². The Bertz CT molecular complexity index is 958. The topological polar surface area (TPSA) is 62.5 Å². The first-order valence-electron chi connectivity index (χ1n) is 8.66. The van der Waals surface area contributed by atoms with E-state index in [2.05, 4.69) is 15.0 Å². The number of hydrogen-bond donors (Lipinski definition) is 0. The van der Waals surface area contributed by atoms with Crippen molar-refractivity contribution >= 4 is 45.0 Å². The maximum absolute atomic E-state index is 14.0. The Labute approximate surface area is 171 Å². The molecule has 0 spiro atoms. The summed E-state index contributed by atoms with van der Waals surface area (Å²) >= 11 is 1.07. The number of thiazole rings is 1. The van der Waals surface area contributed by atoms with Gasteiger partial charge in [-0.2, -0.15) is 0 Å². The Morgan fingerprint density at radius 3 is 2.50 bits per heavy atom. The predicted molar refractivity (Wildman–Crippen MR) is 107 cm³/mol. The number of aromatic nitrogens is 2. The van der Waals surface area contributed by atoms with Crippen LogP contribution in [-0.2, 0) is 0 Å². The third-order valence-corrected chi connectivity index (χ3v) is 5.28. The smallest absolute Gasteiger partial charge is 0.282 e. The van der Waals surface area contributed by atoms with E-state index >= 15 is 0 Å². The zero-order chi connectivity index (χ0) is 19.6. The lowest BCUT2D eigenvalue weighted by atomic mass is 10.3. The lowest BCUT2D eigenvalue weighted by molar-refractivity contribution is 0.0975. The van der Waals surface area contributed by atoms with Gasteiger partial charge in [-0.15, -0.1) is 12.4 Å². The molecule has 0 saturated heterocycles. The summed E-state index contributed by atoms with van der Waals surface area (Å²) in [6, 6.07) is 3.54. The molecule has 0 N–H and O–H groups in total. The third kappa shape index (κ3) is 4.65. The van der Waals surface area contributed by atoms with E-state index < -0.39 is 11.6 Å². The fourth-order valence-corrected chi connectivity index (χ4v) is 3.76. The molecule has 1 amide bonds. The summed E-state index contributed by atoms with van der Waals surface area (Å²) in [5, 5.41) is 4.08. The van der Waals surface area contributed by atoms with Crippen LogP contribution in [0.5, 0.6) is 0 Å². The second kappa shape index (κ2) is 9.40. The molecule has 152 valence electrons. The van der Waals surface area contributed by atoms with Gasteiger partial charge in [0.25, 0.3) is 5.91 Å². The lowest BCUT2D eigenvalue weighted by Crippen LogP contribution is -2.39. The summed E-state index contributed by atoms with van der Waals surface area (Å²) in [7, 11) is 0. The summed E-state index contributed by atoms with van der Waals surface area (Å²) < 4.78 is 32.9. The fraction of sp³-hybridized carbons (Fsp3) is 0.389. The van der Waals surface area contributed by atoms with Crippen LogP contribution in [0.3, 0.4) is 0 Å². The Kier molecular flexibility index (Phi) is 7.45. The van der Waals surface area contributed by atoms with Crippen LogP contribution in [0.25, 0.3) is 10.2 Å². The van der Waals surface area contributed by atoms with Crippen molar-refractivity contribution < 1.29 is 18.1 Å². The number of rotatable bonds is 7. The number of carbonyl (C=O) groups is 1. The molecule has 0 bridgehead atoms. The molecule has 0 aliphatic heterocycles. The lowest BCUT2D eigenvalue weighted by Gasteiger charge is -2.24. The molecular weight excluding hydrogens is 410 g/mol. The highest BCUT2D eigenvalue weighted by Crippen LogP contribution is 2.31. The Morgan fingerprint density at radius 2 is 1.89 bits per heavy atom. The highest BCUT2D eigenvalue weighted by Gasteiger charge is 2.25. The SMILES string of the molecule is CCN(CC)CCN(C(=O)c1cc(C)on1)c1nc2c(F)cc(F)cc2s1.Cl. The average Bonchev–Trinajstić information content (AvgIpc) is 3.25. The standard InChI is InChI=1S/C18H20F2N4O2S.ClH/c1-4-23(5-2)6-7-24(17(25)14-8-11(3)26-22-14)18-21-16-13(20)9-12(19)10-15(16)27-18;/h8-10H,4-7H2,1-3H3;1H. The van der Waals surface area contributed by atoms with E-state index in [0.717, 1.165) is 30.5 Å². The van der Waals surface area contributed by atoms with Crippen molar-refractivity contribution in [2.45, 2.75) is 20.8 Å². The van der Waals surface area contributed by atoms with Crippen LogP contribution in [-0.4, -0.2) is 47.1 Å². The van der Waals surface area contributed by atoms with Gasteiger partial charge in [-0.1, -0.05) is 30.3 Å². The highest BCUT2D eigenvalue weighted by molar-refractivity contribution is 7.22. The van der Waals surface area contributed by atoms with Crippen molar-refractivity contribution in [2.24, 2.45) is 0 Å². The van der Waals surface area contributed by atoms with E-state index in [0.29, 0.717) is 28.7 Å². The van der Waals surface area contributed by atoms with Crippen LogP contribution < -0.4 is 4.90 Å². The summed E-state index contributed by atoms with van der Waals surface area (Å²) in [5.74, 6) is -1.30. The van der Waals surface area contributed by atoms with E-state index in [1.807, 2.05) is 13.8 Å². The largest absolute Gasteiger partial charge is 0.361 e. The monoisotopic (exact) mass is 430 g/mol. The molecule has 28 heavy (non-hydrogen) atoms. The number of nitrogens with zero attached hydrogens (tertiary/aromatic N) is 4. The molecule has 3 aromatic rings. The van der Waals surface area contributed by atoms with E-state index in [9.17, 15) is 13.6 Å². The van der Waals surface area contributed by atoms with Gasteiger partial charge in [0, 0.05) is 25.2 Å². The number of fused-ring (bicyclic) bond motifs is 1. The van der Waals surface area contributed by atoms with Crippen LogP contribution in [0, 0.1) is 18.6 Å². The number of halogens is 3. The van der Waals surface area contributed by atoms with Crippen molar-refractivity contribution in [3.8, 4) is 0 Å². The molecule has 0 unspecified atom stereocenters. The van der Waals surface area contributed by atoms with Gasteiger partial charge < -0.3 is 9.42 Å². The zero-order valence-electron chi connectivity index (χ0n) is 15.7. The van der Waals surface area contributed by atoms with Gasteiger partial charge in [-0.05, 0) is 26.1 Å². The molecular formula is C18H21ClF2N4O2S. The van der Waals surface area contributed by atoms with Gasteiger partial charge in [0.1, 0.15) is 17.1 Å². The minimum absolute atomic E-state index is 0. The first kappa shape index (κ1) is 22.2. The predicted octanol–water partition coefficient (Wildman–Crippen LogP) is 4.28. The van der Waals surface area contributed by atoms with Gasteiger partial charge in [-0.25, -0.2) is 13.8 Å². The first-order chi connectivity index (χ1) is 12.9. The zero-order valence-corrected chi connectivity index (χ0v) is 17.4. The van der Waals surface area contributed by atoms with Crippen molar-refractivity contribution in [2.75, 3.05) is 31.1 Å². The molecule has 1 aromatic carbocycles. The maximum Gasteiger partial charge on any atom is 0.282 e. The number of carbonyl (C=O) groups excluding carboxylic acids is 1. The van der Waals surface area contributed by atoms with E-state index in [4.69, 9.17) is 4.52 Å². The van der Waals surface area contributed by atoms with Crippen LogP contribution in [0.15, 0.2) is 22.7 Å². The number of benzene rings is 1. The second-order valence-electron chi connectivity index (χ2n) is 6.04. The molecule has 2 aromatic heterocycles. The van der Waals surface area contributed by atoms with Crippen LogP contribution >= 0.6 is 23.7 Å². The average molecular weight is 431 g/mol. The van der Waals surface area contributed by atoms with Crippen LogP contribution in [0.4, 0.5) is 13.9 Å². The number of likely N-dealkylation sites (N-methyl/N-ethyl adjacent to an activating group) is 1. The molecule has 0 aliphatic rings. The minimum Gasteiger partial charge on any atom is -0.361 e. The quantitative estimate of drug-likeness (QED) is 0.559. The van der Waals surface area contributed by atoms with Crippen LogP contribution in [0.1, 0.15) is 30.1 Å². The first-order valence-corrected chi connectivity index (χ1v) is 9.47. The molecule has 0 aliphatic carbocycles. The Balaban J connectivity index is 0.00000280. The van der Waals surface area contributed by atoms with Gasteiger partial charge in [0.2, 0.25) is 0 Å². The molecule has 0 fully saturated rings. The normalized spacial score (nSPS) is 11.1. The van der Waals surface area contributed by atoms with E-state index in [1.165, 1.54) is 11.0 Å². The van der Waals surface area contributed by atoms with Gasteiger partial charge in [0.15, 0.2) is 16.6 Å². The van der Waals surface area contributed by atoms with Crippen LogP contribution in [0.2, 0.25) is 0 Å². The molecule has 0 atom stereocenters. The number of amides is 1. The second-order valence-corrected chi connectivity index (χ2v) is 7.05. The summed E-state index contributed by atoms with van der Waals surface area (Å²) in [5.41, 5.74) is 0.200. The van der Waals surface area contributed by atoms with E-state index in [-0.39, 0.29) is 29.5 Å². The van der Waals surface area contributed by atoms with Crippen molar-refractivity contribution in [3.05, 3.63) is 41.3 Å². The Hall–Kier alpha value is -2.10. The molecule has 0 radical (unpaired) electrons. The van der Waals surface area contributed by atoms with Crippen molar-refractivity contribution in [3.63, 3.8) is 0 Å². The van der Waals surface area contributed by atoms with Gasteiger partial charge in [0.05, 0.1) is 4.70 Å². The molecule has 3 rings (SSSR count). The molecule has 2 heterocycles. The summed E-state index contributed by atoms with van der Waals surface area (Å²) in [6.45, 7) is 8.39. The van der Waals surface area contributed by atoms with Crippen molar-refractivity contribution in [1.29, 1.82) is 0 Å². The van der Waals surface area contributed by atoms with Crippen molar-refractivity contribution in [1.82, 2.24) is 15.0 Å². The highest BCUT2D eigenvalue weighted by atomic mass is 35.5. The Morgan fingerprint density at radius 1 is 1.18 bits per heavy atom. The minimum atomic E-state index is -0.749. The summed E-state index contributed by atoms with van der Waals surface area (Å²) in [6.07, 6.45) is 0. The number of anilines is 1. The number of hydrogen-bond acceptors (Lipinski definition) is 6. The fourth-order valence-electron chi connectivity index (χ4n) is 2.73. The third-order valence-electron chi connectivity index (χ3n) is 4.26. The number of aryl methyl sites for hydroxylation is 1. The molecule has 6 nitrogen and oxygen atoms in total. The van der Waals surface area contributed by atoms with Gasteiger partial charge in [-0.3, -0.25) is 9.69 Å². The molecule has 0 saturated carbocycles. The molecule has 10 heteroatoms. The van der Waals surface area contributed by atoms with Gasteiger partial charge >= 0.3 is 0 Å². The summed E-state index contributed by atoms with van der Waals surface area (Å²) in [4.78, 5) is 20.8. The maximum atomic E-state index is 14.0.